The van der Waals surface area contributed by atoms with Crippen molar-refractivity contribution in [2.24, 2.45) is 0 Å². The van der Waals surface area contributed by atoms with Crippen molar-refractivity contribution in [3.8, 4) is 0 Å². The average molecular weight is 276 g/mol. The largest absolute Gasteiger partial charge is 0.314 e. The van der Waals surface area contributed by atoms with Crippen molar-refractivity contribution in [1.82, 2.24) is 14.9 Å². The molecule has 0 saturated heterocycles. The van der Waals surface area contributed by atoms with Gasteiger partial charge in [-0.2, -0.15) is 0 Å². The van der Waals surface area contributed by atoms with E-state index < -0.39 is 0 Å². The first-order valence-corrected chi connectivity index (χ1v) is 7.40. The number of hydrogen-bond donors (Lipinski definition) is 1. The standard InChI is InChI=1S/C13H13FN4S/c14-10-5-3-8(4-6-10)11-7-19-13-16-15-12(9-1-2-9)18(13)17-11/h3-6,9,11,17H,1-2,7H2. The van der Waals surface area contributed by atoms with Crippen molar-refractivity contribution in [2.75, 3.05) is 11.2 Å². The zero-order valence-electron chi connectivity index (χ0n) is 10.2. The number of nitrogens with one attached hydrogen (secondary N) is 1. The van der Waals surface area contributed by atoms with Gasteiger partial charge in [0.1, 0.15) is 5.82 Å². The Morgan fingerprint density at radius 2 is 2.00 bits per heavy atom. The molecular formula is C13H13FN4S. The van der Waals surface area contributed by atoms with Gasteiger partial charge in [-0.1, -0.05) is 23.9 Å². The van der Waals surface area contributed by atoms with Crippen LogP contribution in [0.15, 0.2) is 29.4 Å². The molecule has 1 aromatic carbocycles. The number of aromatic nitrogens is 3. The third-order valence-corrected chi connectivity index (χ3v) is 4.56. The van der Waals surface area contributed by atoms with Gasteiger partial charge in [-0.3, -0.25) is 0 Å². The molecule has 4 rings (SSSR count). The van der Waals surface area contributed by atoms with Crippen molar-refractivity contribution in [1.29, 1.82) is 0 Å². The molecule has 1 atom stereocenters. The van der Waals surface area contributed by atoms with Crippen molar-refractivity contribution >= 4 is 11.8 Å². The van der Waals surface area contributed by atoms with E-state index in [-0.39, 0.29) is 11.9 Å². The van der Waals surface area contributed by atoms with Crippen molar-refractivity contribution in [3.63, 3.8) is 0 Å². The Bertz CT molecular complexity index is 606. The van der Waals surface area contributed by atoms with E-state index in [0.717, 1.165) is 22.3 Å². The Balaban J connectivity index is 1.63. The smallest absolute Gasteiger partial charge is 0.210 e. The van der Waals surface area contributed by atoms with Gasteiger partial charge in [-0.05, 0) is 30.5 Å². The minimum Gasteiger partial charge on any atom is -0.314 e. The van der Waals surface area contributed by atoms with Crippen LogP contribution in [0.5, 0.6) is 0 Å². The van der Waals surface area contributed by atoms with Crippen LogP contribution < -0.4 is 5.43 Å². The Morgan fingerprint density at radius 1 is 1.21 bits per heavy atom. The van der Waals surface area contributed by atoms with Gasteiger partial charge in [0.2, 0.25) is 5.16 Å². The highest BCUT2D eigenvalue weighted by atomic mass is 32.2. The zero-order chi connectivity index (χ0) is 12.8. The lowest BCUT2D eigenvalue weighted by Gasteiger charge is -2.26. The molecule has 1 aliphatic carbocycles. The Hall–Kier alpha value is -1.56. The lowest BCUT2D eigenvalue weighted by atomic mass is 10.1. The SMILES string of the molecule is Fc1ccc(C2CSc3nnc(C4CC4)n3N2)cc1. The van der Waals surface area contributed by atoms with Crippen LogP contribution in [0, 0.1) is 5.82 Å². The van der Waals surface area contributed by atoms with Crippen LogP contribution in [0.3, 0.4) is 0 Å². The van der Waals surface area contributed by atoms with E-state index in [1.165, 1.54) is 25.0 Å². The summed E-state index contributed by atoms with van der Waals surface area (Å²) in [7, 11) is 0. The zero-order valence-corrected chi connectivity index (χ0v) is 11.0. The number of halogens is 1. The first-order valence-electron chi connectivity index (χ1n) is 6.41. The van der Waals surface area contributed by atoms with Crippen LogP contribution in [0.4, 0.5) is 4.39 Å². The van der Waals surface area contributed by atoms with Crippen molar-refractivity contribution in [3.05, 3.63) is 41.5 Å². The predicted molar refractivity (Wildman–Crippen MR) is 71.2 cm³/mol. The van der Waals surface area contributed by atoms with E-state index >= 15 is 0 Å². The summed E-state index contributed by atoms with van der Waals surface area (Å²) in [5.41, 5.74) is 4.54. The molecule has 4 nitrogen and oxygen atoms in total. The number of fused-ring (bicyclic) bond motifs is 1. The van der Waals surface area contributed by atoms with Gasteiger partial charge < -0.3 is 5.43 Å². The maximum Gasteiger partial charge on any atom is 0.210 e. The molecule has 1 saturated carbocycles. The van der Waals surface area contributed by atoms with Crippen LogP contribution in [-0.4, -0.2) is 20.6 Å². The number of hydrogen-bond acceptors (Lipinski definition) is 4. The van der Waals surface area contributed by atoms with Gasteiger partial charge >= 0.3 is 0 Å². The molecule has 0 amide bonds. The second-order valence-corrected chi connectivity index (χ2v) is 5.98. The molecule has 1 aliphatic heterocycles. The second-order valence-electron chi connectivity index (χ2n) is 4.99. The summed E-state index contributed by atoms with van der Waals surface area (Å²) in [6.07, 6.45) is 2.40. The van der Waals surface area contributed by atoms with Crippen LogP contribution >= 0.6 is 11.8 Å². The average Bonchev–Trinajstić information content (AvgIpc) is 3.19. The van der Waals surface area contributed by atoms with Crippen molar-refractivity contribution in [2.45, 2.75) is 30.0 Å². The normalized spacial score (nSPS) is 21.8. The number of thioether (sulfide) groups is 1. The lowest BCUT2D eigenvalue weighted by Crippen LogP contribution is -2.29. The van der Waals surface area contributed by atoms with E-state index in [4.69, 9.17) is 0 Å². The van der Waals surface area contributed by atoms with Gasteiger partial charge in [0.05, 0.1) is 6.04 Å². The molecule has 2 aliphatic rings. The highest BCUT2D eigenvalue weighted by Crippen LogP contribution is 2.41. The van der Waals surface area contributed by atoms with E-state index in [1.54, 1.807) is 11.8 Å². The number of rotatable bonds is 2. The summed E-state index contributed by atoms with van der Waals surface area (Å²) in [6, 6.07) is 6.85. The monoisotopic (exact) mass is 276 g/mol. The summed E-state index contributed by atoms with van der Waals surface area (Å²) < 4.78 is 15.0. The van der Waals surface area contributed by atoms with Gasteiger partial charge in [0.15, 0.2) is 5.82 Å². The highest BCUT2D eigenvalue weighted by Gasteiger charge is 2.33. The summed E-state index contributed by atoms with van der Waals surface area (Å²) in [5.74, 6) is 2.28. The molecule has 1 aromatic heterocycles. The molecule has 98 valence electrons. The minimum absolute atomic E-state index is 0.173. The molecular weight excluding hydrogens is 263 g/mol. The van der Waals surface area contributed by atoms with Gasteiger partial charge in [-0.25, -0.2) is 9.07 Å². The maximum atomic E-state index is 13.0. The molecule has 0 spiro atoms. The first kappa shape index (κ1) is 11.3. The van der Waals surface area contributed by atoms with Crippen LogP contribution in [0.2, 0.25) is 0 Å². The molecule has 1 unspecified atom stereocenters. The quantitative estimate of drug-likeness (QED) is 0.916. The number of nitrogens with zero attached hydrogens (tertiary/aromatic N) is 3. The molecule has 6 heteroatoms. The molecule has 2 aromatic rings. The Morgan fingerprint density at radius 3 is 2.74 bits per heavy atom. The van der Waals surface area contributed by atoms with Crippen LogP contribution in [0.1, 0.15) is 36.2 Å². The first-order chi connectivity index (χ1) is 9.31. The maximum absolute atomic E-state index is 13.0. The highest BCUT2D eigenvalue weighted by molar-refractivity contribution is 7.99. The molecule has 2 heterocycles. The molecule has 0 bridgehead atoms. The summed E-state index contributed by atoms with van der Waals surface area (Å²) in [4.78, 5) is 0. The van der Waals surface area contributed by atoms with Gasteiger partial charge in [-0.15, -0.1) is 10.2 Å². The Kier molecular flexibility index (Phi) is 2.51. The third-order valence-electron chi connectivity index (χ3n) is 3.54. The van der Waals surface area contributed by atoms with E-state index in [1.807, 2.05) is 16.8 Å². The minimum atomic E-state index is -0.198. The van der Waals surface area contributed by atoms with Gasteiger partial charge in [0, 0.05) is 11.7 Å². The second kappa shape index (κ2) is 4.23. The summed E-state index contributed by atoms with van der Waals surface area (Å²) in [5, 5.41) is 9.42. The predicted octanol–water partition coefficient (Wildman–Crippen LogP) is 2.69. The fourth-order valence-electron chi connectivity index (χ4n) is 2.32. The lowest BCUT2D eigenvalue weighted by molar-refractivity contribution is 0.618. The van der Waals surface area contributed by atoms with Gasteiger partial charge in [0.25, 0.3) is 0 Å². The van der Waals surface area contributed by atoms with Crippen molar-refractivity contribution < 1.29 is 4.39 Å². The molecule has 1 N–H and O–H groups in total. The third kappa shape index (κ3) is 2.00. The molecule has 1 fully saturated rings. The Labute approximate surface area is 114 Å². The topological polar surface area (TPSA) is 42.7 Å². The van der Waals surface area contributed by atoms with E-state index in [0.29, 0.717) is 5.92 Å². The van der Waals surface area contributed by atoms with E-state index in [9.17, 15) is 4.39 Å². The summed E-state index contributed by atoms with van der Waals surface area (Å²) in [6.45, 7) is 0. The van der Waals surface area contributed by atoms with Crippen LogP contribution in [0.25, 0.3) is 0 Å². The molecule has 0 radical (unpaired) electrons. The van der Waals surface area contributed by atoms with E-state index in [2.05, 4.69) is 15.6 Å². The fourth-order valence-corrected chi connectivity index (χ4v) is 3.28. The number of benzene rings is 1. The van der Waals surface area contributed by atoms with Crippen LogP contribution in [-0.2, 0) is 0 Å². The molecule has 19 heavy (non-hydrogen) atoms. The summed E-state index contributed by atoms with van der Waals surface area (Å²) >= 11 is 1.69. The fraction of sp³-hybridized carbons (Fsp3) is 0.385.